The largest absolute Gasteiger partial charge is 0.285 e. The van der Waals surface area contributed by atoms with Crippen molar-refractivity contribution in [1.29, 1.82) is 0 Å². The van der Waals surface area contributed by atoms with E-state index < -0.39 is 11.8 Å². The van der Waals surface area contributed by atoms with Gasteiger partial charge in [0.15, 0.2) is 0 Å². The van der Waals surface area contributed by atoms with Crippen LogP contribution in [0.4, 0.5) is 0 Å². The van der Waals surface area contributed by atoms with Gasteiger partial charge < -0.3 is 0 Å². The Morgan fingerprint density at radius 3 is 2.25 bits per heavy atom. The van der Waals surface area contributed by atoms with Gasteiger partial charge in [-0.25, -0.2) is 0 Å². The minimum atomic E-state index is -0.398. The maximum absolute atomic E-state index is 11.8. The second kappa shape index (κ2) is 4.28. The summed E-state index contributed by atoms with van der Waals surface area (Å²) in [4.78, 5) is 28.6. The fraction of sp³-hybridized carbons (Fsp3) is 0.167. The quantitative estimate of drug-likeness (QED) is 0.572. The number of hydroxylamine groups is 2. The summed E-state index contributed by atoms with van der Waals surface area (Å²) in [6, 6.07) is 6.68. The zero-order chi connectivity index (χ0) is 11.5. The highest BCUT2D eigenvalue weighted by Gasteiger charge is 2.36. The molecule has 4 heteroatoms. The van der Waals surface area contributed by atoms with E-state index in [0.29, 0.717) is 11.1 Å². The maximum Gasteiger partial charge on any atom is 0.285 e. The molecule has 0 atom stereocenters. The molecular formula is C12H11NO3. The Bertz CT molecular complexity index is 430. The normalized spacial score (nSPS) is 14.9. The van der Waals surface area contributed by atoms with Crippen LogP contribution in [0, 0.1) is 0 Å². The van der Waals surface area contributed by atoms with Gasteiger partial charge in [-0.2, -0.15) is 0 Å². The molecule has 1 aliphatic heterocycles. The van der Waals surface area contributed by atoms with E-state index in [1.165, 1.54) is 0 Å². The van der Waals surface area contributed by atoms with Gasteiger partial charge in [-0.3, -0.25) is 14.4 Å². The van der Waals surface area contributed by atoms with Crippen LogP contribution in [0.3, 0.4) is 0 Å². The molecule has 0 aromatic heterocycles. The number of fused-ring (bicyclic) bond motifs is 1. The number of rotatable bonds is 3. The number of imide groups is 1. The lowest BCUT2D eigenvalue weighted by molar-refractivity contribution is -0.0802. The van der Waals surface area contributed by atoms with E-state index in [4.69, 9.17) is 4.84 Å². The molecule has 0 unspecified atom stereocenters. The SMILES string of the molecule is C/C=C/CON1C(=O)c2ccccc2C1=O. The minimum absolute atomic E-state index is 0.210. The summed E-state index contributed by atoms with van der Waals surface area (Å²) in [6.45, 7) is 2.05. The van der Waals surface area contributed by atoms with Crippen molar-refractivity contribution in [3.8, 4) is 0 Å². The number of nitrogens with zero attached hydrogens (tertiary/aromatic N) is 1. The highest BCUT2D eigenvalue weighted by Crippen LogP contribution is 2.22. The second-order valence-electron chi connectivity index (χ2n) is 3.32. The molecule has 0 fully saturated rings. The molecule has 16 heavy (non-hydrogen) atoms. The first-order chi connectivity index (χ1) is 7.75. The van der Waals surface area contributed by atoms with Gasteiger partial charge in [-0.1, -0.05) is 24.3 Å². The fourth-order valence-corrected chi connectivity index (χ4v) is 1.50. The number of amides is 2. The third kappa shape index (κ3) is 1.63. The van der Waals surface area contributed by atoms with Gasteiger partial charge in [0.25, 0.3) is 11.8 Å². The third-order valence-corrected chi connectivity index (χ3v) is 2.29. The number of allylic oxidation sites excluding steroid dienone is 1. The van der Waals surface area contributed by atoms with Crippen LogP contribution in [-0.2, 0) is 4.84 Å². The smallest absolute Gasteiger partial charge is 0.266 e. The lowest BCUT2D eigenvalue weighted by Crippen LogP contribution is -2.29. The van der Waals surface area contributed by atoms with E-state index in [9.17, 15) is 9.59 Å². The summed E-state index contributed by atoms with van der Waals surface area (Å²) >= 11 is 0. The molecule has 0 saturated heterocycles. The molecule has 1 aromatic rings. The Morgan fingerprint density at radius 2 is 1.75 bits per heavy atom. The zero-order valence-electron chi connectivity index (χ0n) is 8.84. The van der Waals surface area contributed by atoms with Crippen molar-refractivity contribution in [1.82, 2.24) is 5.06 Å². The summed E-state index contributed by atoms with van der Waals surface area (Å²) in [5, 5.41) is 0.810. The molecule has 2 amide bonds. The van der Waals surface area contributed by atoms with E-state index in [-0.39, 0.29) is 6.61 Å². The molecule has 0 aliphatic carbocycles. The van der Waals surface area contributed by atoms with Crippen LogP contribution in [0.2, 0.25) is 0 Å². The third-order valence-electron chi connectivity index (χ3n) is 2.29. The maximum atomic E-state index is 11.8. The van der Waals surface area contributed by atoms with Crippen molar-refractivity contribution < 1.29 is 14.4 Å². The summed E-state index contributed by atoms with van der Waals surface area (Å²) in [7, 11) is 0. The summed E-state index contributed by atoms with van der Waals surface area (Å²) in [5.74, 6) is -0.796. The number of carbonyl (C=O) groups excluding carboxylic acids is 2. The summed E-state index contributed by atoms with van der Waals surface area (Å²) in [6.07, 6.45) is 3.52. The number of benzene rings is 1. The van der Waals surface area contributed by atoms with E-state index in [2.05, 4.69) is 0 Å². The Balaban J connectivity index is 2.21. The average molecular weight is 217 g/mol. The van der Waals surface area contributed by atoms with Gasteiger partial charge in [-0.05, 0) is 19.1 Å². The zero-order valence-corrected chi connectivity index (χ0v) is 8.84. The number of hydrogen-bond donors (Lipinski definition) is 0. The average Bonchev–Trinajstić information content (AvgIpc) is 2.55. The topological polar surface area (TPSA) is 46.6 Å². The van der Waals surface area contributed by atoms with Crippen LogP contribution in [0.1, 0.15) is 27.6 Å². The minimum Gasteiger partial charge on any atom is -0.266 e. The molecule has 0 spiro atoms. The first-order valence-electron chi connectivity index (χ1n) is 4.97. The van der Waals surface area contributed by atoms with Gasteiger partial charge in [0.05, 0.1) is 17.7 Å². The molecule has 2 rings (SSSR count). The Labute approximate surface area is 93.1 Å². The van der Waals surface area contributed by atoms with E-state index >= 15 is 0 Å². The predicted octanol–water partition coefficient (Wildman–Crippen LogP) is 1.79. The van der Waals surface area contributed by atoms with E-state index in [1.807, 2.05) is 6.92 Å². The molecule has 82 valence electrons. The first-order valence-corrected chi connectivity index (χ1v) is 4.97. The standard InChI is InChI=1S/C12H11NO3/c1-2-3-8-16-13-11(14)9-6-4-5-7-10(9)12(13)15/h2-7H,8H2,1H3/b3-2+. The van der Waals surface area contributed by atoms with Crippen molar-refractivity contribution in [2.75, 3.05) is 6.61 Å². The molecule has 1 aromatic carbocycles. The molecule has 0 saturated carbocycles. The second-order valence-corrected chi connectivity index (χ2v) is 3.32. The Hall–Kier alpha value is -1.94. The fourth-order valence-electron chi connectivity index (χ4n) is 1.50. The van der Waals surface area contributed by atoms with Gasteiger partial charge in [0.2, 0.25) is 0 Å². The highest BCUT2D eigenvalue weighted by atomic mass is 16.7. The van der Waals surface area contributed by atoms with E-state index in [1.54, 1.807) is 36.4 Å². The van der Waals surface area contributed by atoms with Crippen molar-refractivity contribution in [3.63, 3.8) is 0 Å². The molecule has 1 aliphatic rings. The summed E-state index contributed by atoms with van der Waals surface area (Å²) < 4.78 is 0. The van der Waals surface area contributed by atoms with Crippen LogP contribution >= 0.6 is 0 Å². The molecule has 1 heterocycles. The Kier molecular flexibility index (Phi) is 2.83. The molecule has 0 radical (unpaired) electrons. The van der Waals surface area contributed by atoms with Crippen molar-refractivity contribution in [2.24, 2.45) is 0 Å². The van der Waals surface area contributed by atoms with Crippen molar-refractivity contribution >= 4 is 11.8 Å². The lowest BCUT2D eigenvalue weighted by atomic mass is 10.1. The van der Waals surface area contributed by atoms with Crippen LogP contribution in [0.25, 0.3) is 0 Å². The number of carbonyl (C=O) groups is 2. The van der Waals surface area contributed by atoms with Gasteiger partial charge >= 0.3 is 0 Å². The lowest BCUT2D eigenvalue weighted by Gasteiger charge is -2.11. The van der Waals surface area contributed by atoms with Crippen molar-refractivity contribution in [2.45, 2.75) is 6.92 Å². The molecular weight excluding hydrogens is 206 g/mol. The van der Waals surface area contributed by atoms with Crippen LogP contribution in [-0.4, -0.2) is 23.5 Å². The van der Waals surface area contributed by atoms with E-state index in [0.717, 1.165) is 5.06 Å². The summed E-state index contributed by atoms with van der Waals surface area (Å²) in [5.41, 5.74) is 0.793. The van der Waals surface area contributed by atoms with Crippen molar-refractivity contribution in [3.05, 3.63) is 47.5 Å². The molecule has 0 bridgehead atoms. The van der Waals surface area contributed by atoms with Crippen LogP contribution < -0.4 is 0 Å². The Morgan fingerprint density at radius 1 is 1.19 bits per heavy atom. The number of hydrogen-bond acceptors (Lipinski definition) is 3. The van der Waals surface area contributed by atoms with Gasteiger partial charge in [-0.15, -0.1) is 5.06 Å². The monoisotopic (exact) mass is 217 g/mol. The molecule has 4 nitrogen and oxygen atoms in total. The molecule has 0 N–H and O–H groups in total. The highest BCUT2D eigenvalue weighted by molar-refractivity contribution is 6.20. The first kappa shape index (κ1) is 10.6. The predicted molar refractivity (Wildman–Crippen MR) is 57.7 cm³/mol. The van der Waals surface area contributed by atoms with Gasteiger partial charge in [0, 0.05) is 0 Å². The van der Waals surface area contributed by atoms with Crippen LogP contribution in [0.5, 0.6) is 0 Å². The van der Waals surface area contributed by atoms with Crippen LogP contribution in [0.15, 0.2) is 36.4 Å². The van der Waals surface area contributed by atoms with Gasteiger partial charge in [0.1, 0.15) is 0 Å².